The molecule has 0 radical (unpaired) electrons. The Hall–Kier alpha value is -1.39. The number of rotatable bonds is 4. The number of hydrogen-bond donors (Lipinski definition) is 1. The first kappa shape index (κ1) is 16.5. The van der Waals surface area contributed by atoms with Crippen molar-refractivity contribution in [3.8, 4) is 0 Å². The molecule has 4 heteroatoms. The normalized spacial score (nSPS) is 24.0. The number of aryl methyl sites for hydroxylation is 1. The number of carbonyl (C=O) groups excluding carboxylic acids is 1. The van der Waals surface area contributed by atoms with E-state index in [2.05, 4.69) is 41.4 Å². The van der Waals surface area contributed by atoms with Gasteiger partial charge in [-0.25, -0.2) is 0 Å². The average Bonchev–Trinajstić information content (AvgIpc) is 2.93. The number of benzene rings is 1. The van der Waals surface area contributed by atoms with Gasteiger partial charge in [-0.3, -0.25) is 9.69 Å². The van der Waals surface area contributed by atoms with Crippen LogP contribution in [0.5, 0.6) is 0 Å². The highest BCUT2D eigenvalue weighted by molar-refractivity contribution is 5.72. The van der Waals surface area contributed by atoms with E-state index in [4.69, 9.17) is 4.74 Å². The number of ether oxygens (including phenoxy) is 1. The summed E-state index contributed by atoms with van der Waals surface area (Å²) < 4.78 is 6.32. The molecule has 0 aromatic heterocycles. The van der Waals surface area contributed by atoms with E-state index < -0.39 is 0 Å². The lowest BCUT2D eigenvalue weighted by molar-refractivity contribution is -0.120. The summed E-state index contributed by atoms with van der Waals surface area (Å²) in [5, 5.41) is 2.88. The molecule has 23 heavy (non-hydrogen) atoms. The molecule has 1 atom stereocenters. The summed E-state index contributed by atoms with van der Waals surface area (Å²) in [6, 6.07) is 8.65. The standard InChI is InChI=1S/C19H28N2O2/c1-15-5-3-4-6-17(15)14-21-11-9-19(10-12-21)8-7-18(23-19)13-20-16(2)22/h3-6,18H,7-14H2,1-2H3,(H,20,22). The van der Waals surface area contributed by atoms with Crippen LogP contribution < -0.4 is 5.32 Å². The van der Waals surface area contributed by atoms with Gasteiger partial charge in [0.2, 0.25) is 5.91 Å². The molecule has 2 fully saturated rings. The zero-order chi connectivity index (χ0) is 16.3. The minimum Gasteiger partial charge on any atom is -0.370 e. The van der Waals surface area contributed by atoms with Gasteiger partial charge in [-0.15, -0.1) is 0 Å². The largest absolute Gasteiger partial charge is 0.370 e. The van der Waals surface area contributed by atoms with Gasteiger partial charge in [0.1, 0.15) is 0 Å². The van der Waals surface area contributed by atoms with Crippen LogP contribution >= 0.6 is 0 Å². The summed E-state index contributed by atoms with van der Waals surface area (Å²) in [6.07, 6.45) is 4.61. The van der Waals surface area contributed by atoms with Gasteiger partial charge in [-0.1, -0.05) is 24.3 Å². The number of piperidine rings is 1. The maximum atomic E-state index is 11.0. The Morgan fingerprint density at radius 1 is 1.30 bits per heavy atom. The van der Waals surface area contributed by atoms with E-state index in [1.807, 2.05) is 0 Å². The van der Waals surface area contributed by atoms with Gasteiger partial charge in [-0.2, -0.15) is 0 Å². The van der Waals surface area contributed by atoms with Crippen LogP contribution in [0.2, 0.25) is 0 Å². The molecule has 2 aliphatic heterocycles. The van der Waals surface area contributed by atoms with Crippen molar-refractivity contribution in [2.24, 2.45) is 0 Å². The fourth-order valence-corrected chi connectivity index (χ4v) is 3.81. The van der Waals surface area contributed by atoms with Crippen LogP contribution in [0.1, 0.15) is 43.7 Å². The van der Waals surface area contributed by atoms with Gasteiger partial charge >= 0.3 is 0 Å². The molecule has 2 saturated heterocycles. The first-order chi connectivity index (χ1) is 11.1. The number of likely N-dealkylation sites (tertiary alicyclic amines) is 1. The molecule has 1 spiro atoms. The maximum Gasteiger partial charge on any atom is 0.216 e. The highest BCUT2D eigenvalue weighted by Gasteiger charge is 2.42. The maximum absolute atomic E-state index is 11.0. The number of nitrogens with one attached hydrogen (secondary N) is 1. The van der Waals surface area contributed by atoms with Crippen LogP contribution in [0.15, 0.2) is 24.3 Å². The molecule has 4 nitrogen and oxygen atoms in total. The van der Waals surface area contributed by atoms with Crippen molar-refractivity contribution in [3.05, 3.63) is 35.4 Å². The highest BCUT2D eigenvalue weighted by Crippen LogP contribution is 2.39. The molecule has 1 N–H and O–H groups in total. The van der Waals surface area contributed by atoms with Gasteiger partial charge < -0.3 is 10.1 Å². The smallest absolute Gasteiger partial charge is 0.216 e. The molecule has 1 aromatic carbocycles. The Bertz CT molecular complexity index is 550. The van der Waals surface area contributed by atoms with Gasteiger partial charge in [-0.05, 0) is 43.7 Å². The summed E-state index contributed by atoms with van der Waals surface area (Å²) in [4.78, 5) is 13.6. The van der Waals surface area contributed by atoms with Crippen molar-refractivity contribution < 1.29 is 9.53 Å². The number of amides is 1. The van der Waals surface area contributed by atoms with Crippen molar-refractivity contribution >= 4 is 5.91 Å². The molecule has 0 aliphatic carbocycles. The third-order valence-electron chi connectivity index (χ3n) is 5.34. The minimum absolute atomic E-state index is 0.0302. The molecule has 3 rings (SSSR count). The molecule has 0 saturated carbocycles. The van der Waals surface area contributed by atoms with Crippen molar-refractivity contribution in [1.29, 1.82) is 0 Å². The van der Waals surface area contributed by atoms with Gasteiger partial charge in [0.15, 0.2) is 0 Å². The molecule has 126 valence electrons. The van der Waals surface area contributed by atoms with E-state index in [0.717, 1.165) is 45.3 Å². The highest BCUT2D eigenvalue weighted by atomic mass is 16.5. The van der Waals surface area contributed by atoms with Crippen LogP contribution in [0.3, 0.4) is 0 Å². The predicted octanol–water partition coefficient (Wildman–Crippen LogP) is 2.64. The monoisotopic (exact) mass is 316 g/mol. The predicted molar refractivity (Wildman–Crippen MR) is 91.2 cm³/mol. The zero-order valence-corrected chi connectivity index (χ0v) is 14.3. The SMILES string of the molecule is CC(=O)NCC1CCC2(CCN(Cc3ccccc3C)CC2)O1. The number of hydrogen-bond acceptors (Lipinski definition) is 3. The molecule has 1 unspecified atom stereocenters. The van der Waals surface area contributed by atoms with E-state index >= 15 is 0 Å². The van der Waals surface area contributed by atoms with Crippen LogP contribution in [-0.2, 0) is 16.1 Å². The Morgan fingerprint density at radius 3 is 2.74 bits per heavy atom. The quantitative estimate of drug-likeness (QED) is 0.928. The number of carbonyl (C=O) groups is 1. The fourth-order valence-electron chi connectivity index (χ4n) is 3.81. The second-order valence-electron chi connectivity index (χ2n) is 7.10. The Morgan fingerprint density at radius 2 is 2.04 bits per heavy atom. The molecule has 2 aliphatic rings. The van der Waals surface area contributed by atoms with Crippen LogP contribution in [0, 0.1) is 6.92 Å². The van der Waals surface area contributed by atoms with E-state index in [9.17, 15) is 4.79 Å². The summed E-state index contributed by atoms with van der Waals surface area (Å²) >= 11 is 0. The minimum atomic E-state index is 0.0302. The van der Waals surface area contributed by atoms with Crippen molar-refractivity contribution in [1.82, 2.24) is 10.2 Å². The van der Waals surface area contributed by atoms with Crippen molar-refractivity contribution in [2.75, 3.05) is 19.6 Å². The Labute approximate surface area is 139 Å². The lowest BCUT2D eigenvalue weighted by Crippen LogP contribution is -2.44. The molecule has 1 aromatic rings. The van der Waals surface area contributed by atoms with E-state index in [1.165, 1.54) is 11.1 Å². The second kappa shape index (κ2) is 7.02. The van der Waals surface area contributed by atoms with Crippen molar-refractivity contribution in [2.45, 2.75) is 57.8 Å². The van der Waals surface area contributed by atoms with Crippen LogP contribution in [0.4, 0.5) is 0 Å². The molecule has 0 bridgehead atoms. The van der Waals surface area contributed by atoms with Crippen LogP contribution in [0.25, 0.3) is 0 Å². The summed E-state index contributed by atoms with van der Waals surface area (Å²) in [7, 11) is 0. The van der Waals surface area contributed by atoms with Crippen molar-refractivity contribution in [3.63, 3.8) is 0 Å². The molecule has 2 heterocycles. The van der Waals surface area contributed by atoms with Gasteiger partial charge in [0.05, 0.1) is 11.7 Å². The summed E-state index contributed by atoms with van der Waals surface area (Å²) in [6.45, 7) is 7.65. The van der Waals surface area contributed by atoms with Gasteiger partial charge in [0.25, 0.3) is 0 Å². The third kappa shape index (κ3) is 4.12. The summed E-state index contributed by atoms with van der Waals surface area (Å²) in [5.41, 5.74) is 2.87. The average molecular weight is 316 g/mol. The first-order valence-corrected chi connectivity index (χ1v) is 8.75. The number of nitrogens with zero attached hydrogens (tertiary/aromatic N) is 1. The zero-order valence-electron chi connectivity index (χ0n) is 14.3. The lowest BCUT2D eigenvalue weighted by Gasteiger charge is -2.39. The summed E-state index contributed by atoms with van der Waals surface area (Å²) in [5.74, 6) is 0.0302. The molecular weight excluding hydrogens is 288 g/mol. The van der Waals surface area contributed by atoms with E-state index in [1.54, 1.807) is 6.92 Å². The topological polar surface area (TPSA) is 41.6 Å². The van der Waals surface area contributed by atoms with Gasteiger partial charge in [0, 0.05) is 33.1 Å². The fraction of sp³-hybridized carbons (Fsp3) is 0.632. The third-order valence-corrected chi connectivity index (χ3v) is 5.34. The molecular formula is C19H28N2O2. The second-order valence-corrected chi connectivity index (χ2v) is 7.10. The van der Waals surface area contributed by atoms with E-state index in [-0.39, 0.29) is 17.6 Å². The molecule has 1 amide bonds. The van der Waals surface area contributed by atoms with E-state index in [0.29, 0.717) is 6.54 Å². The first-order valence-electron chi connectivity index (χ1n) is 8.75. The van der Waals surface area contributed by atoms with Crippen LogP contribution in [-0.4, -0.2) is 42.1 Å². The Kier molecular flexibility index (Phi) is 5.02. The lowest BCUT2D eigenvalue weighted by atomic mass is 9.88. The Balaban J connectivity index is 1.49.